The molecule has 1 aliphatic rings. The molecule has 2 aromatic heterocycles. The summed E-state index contributed by atoms with van der Waals surface area (Å²) in [6.07, 6.45) is 2.38. The molecule has 29 heavy (non-hydrogen) atoms. The van der Waals surface area contributed by atoms with E-state index in [9.17, 15) is 0 Å². The first-order valence-electron chi connectivity index (χ1n) is 10.0. The summed E-state index contributed by atoms with van der Waals surface area (Å²) in [5.74, 6) is 0.930. The number of benzene rings is 2. The van der Waals surface area contributed by atoms with Crippen molar-refractivity contribution in [1.82, 2.24) is 19.3 Å². The third kappa shape index (κ3) is 3.33. The molecule has 2 atom stereocenters. The van der Waals surface area contributed by atoms with Crippen LogP contribution in [0.1, 0.15) is 35.3 Å². The predicted octanol–water partition coefficient (Wildman–Crippen LogP) is 4.01. The van der Waals surface area contributed by atoms with Gasteiger partial charge in [-0.15, -0.1) is 11.3 Å². The maximum atomic E-state index is 5.83. The fourth-order valence-electron chi connectivity index (χ4n) is 4.34. The zero-order valence-corrected chi connectivity index (χ0v) is 18.3. The first kappa shape index (κ1) is 18.7. The molecule has 7 heteroatoms. The van der Waals surface area contributed by atoms with Crippen molar-refractivity contribution in [3.8, 4) is 5.69 Å². The molecule has 148 valence electrons. The van der Waals surface area contributed by atoms with Gasteiger partial charge in [0.15, 0.2) is 11.7 Å². The monoisotopic (exact) mass is 422 g/mol. The Bertz CT molecular complexity index is 1200. The standard InChI is InChI=1S/C22H23N5S2/c1-15-8-3-5-10-18(15)27-16(2)24-26(22(27)28)14-25-13-7-11-19(25)21-23-17-9-4-6-12-20(17)29-21/h3-6,8-10,12,19H,7,11,13-14H2,1-2H3/p+1/t19-/m1/s1. The van der Waals surface area contributed by atoms with E-state index in [2.05, 4.69) is 60.0 Å². The Balaban J connectivity index is 1.46. The van der Waals surface area contributed by atoms with Crippen LogP contribution in [0.4, 0.5) is 0 Å². The van der Waals surface area contributed by atoms with Gasteiger partial charge in [0.25, 0.3) is 0 Å². The van der Waals surface area contributed by atoms with Gasteiger partial charge >= 0.3 is 0 Å². The first-order valence-corrected chi connectivity index (χ1v) is 11.3. The molecule has 0 bridgehead atoms. The second-order valence-corrected chi connectivity index (χ2v) is 9.16. The van der Waals surface area contributed by atoms with E-state index in [-0.39, 0.29) is 0 Å². The van der Waals surface area contributed by atoms with Crippen LogP contribution in [0.25, 0.3) is 15.9 Å². The second kappa shape index (κ2) is 7.48. The Morgan fingerprint density at radius 3 is 2.76 bits per heavy atom. The van der Waals surface area contributed by atoms with Gasteiger partial charge in [0.1, 0.15) is 11.9 Å². The minimum Gasteiger partial charge on any atom is -0.308 e. The molecule has 2 aromatic carbocycles. The number of quaternary nitrogens is 1. The summed E-state index contributed by atoms with van der Waals surface area (Å²) in [6.45, 7) is 6.05. The average molecular weight is 423 g/mol. The molecule has 0 spiro atoms. The van der Waals surface area contributed by atoms with Crippen LogP contribution in [-0.2, 0) is 6.67 Å². The van der Waals surface area contributed by atoms with Gasteiger partial charge in [-0.1, -0.05) is 30.3 Å². The molecule has 5 nitrogen and oxygen atoms in total. The Morgan fingerprint density at radius 2 is 1.93 bits per heavy atom. The van der Waals surface area contributed by atoms with Gasteiger partial charge in [-0.2, -0.15) is 9.78 Å². The van der Waals surface area contributed by atoms with Crippen molar-refractivity contribution in [2.75, 3.05) is 6.54 Å². The van der Waals surface area contributed by atoms with Gasteiger partial charge in [-0.3, -0.25) is 4.57 Å². The average Bonchev–Trinajstić information content (AvgIpc) is 3.41. The molecular formula is C22H24N5S2+. The Labute approximate surface area is 179 Å². The highest BCUT2D eigenvalue weighted by Crippen LogP contribution is 2.28. The van der Waals surface area contributed by atoms with Gasteiger partial charge < -0.3 is 4.90 Å². The molecule has 1 saturated heterocycles. The summed E-state index contributed by atoms with van der Waals surface area (Å²) in [4.78, 5) is 6.42. The van der Waals surface area contributed by atoms with Crippen LogP contribution in [0.2, 0.25) is 0 Å². The SMILES string of the molecule is Cc1ccccc1-n1c(C)nn(C[NH+]2CCC[C@@H]2c2nc3ccccc3s2)c1=S. The number of hydrogen-bond donors (Lipinski definition) is 1. The third-order valence-corrected chi connectivity index (χ3v) is 7.35. The van der Waals surface area contributed by atoms with Crippen LogP contribution < -0.4 is 4.90 Å². The lowest BCUT2D eigenvalue weighted by atomic mass is 10.2. The zero-order chi connectivity index (χ0) is 20.0. The van der Waals surface area contributed by atoms with E-state index in [4.69, 9.17) is 22.3 Å². The molecule has 1 N–H and O–H groups in total. The van der Waals surface area contributed by atoms with Crippen LogP contribution in [0.3, 0.4) is 0 Å². The topological polar surface area (TPSA) is 40.1 Å². The molecule has 1 aliphatic heterocycles. The molecule has 1 unspecified atom stereocenters. The maximum absolute atomic E-state index is 5.83. The summed E-state index contributed by atoms with van der Waals surface area (Å²) in [7, 11) is 0. The van der Waals surface area contributed by atoms with Crippen molar-refractivity contribution in [1.29, 1.82) is 0 Å². The fraction of sp³-hybridized carbons (Fsp3) is 0.318. The summed E-state index contributed by atoms with van der Waals surface area (Å²) in [5, 5.41) is 6.04. The zero-order valence-electron chi connectivity index (χ0n) is 16.6. The lowest BCUT2D eigenvalue weighted by Gasteiger charge is -2.19. The van der Waals surface area contributed by atoms with Gasteiger partial charge in [0, 0.05) is 12.8 Å². The molecular weight excluding hydrogens is 398 g/mol. The highest BCUT2D eigenvalue weighted by molar-refractivity contribution is 7.71. The van der Waals surface area contributed by atoms with Gasteiger partial charge in [-0.25, -0.2) is 4.98 Å². The van der Waals surface area contributed by atoms with Crippen LogP contribution in [0.5, 0.6) is 0 Å². The van der Waals surface area contributed by atoms with Crippen LogP contribution >= 0.6 is 23.6 Å². The van der Waals surface area contributed by atoms with E-state index in [1.54, 1.807) is 0 Å². The van der Waals surface area contributed by atoms with E-state index in [0.29, 0.717) is 6.04 Å². The second-order valence-electron chi connectivity index (χ2n) is 7.73. The first-order chi connectivity index (χ1) is 14.1. The van der Waals surface area contributed by atoms with Crippen molar-refractivity contribution in [3.05, 3.63) is 69.7 Å². The molecule has 0 radical (unpaired) electrons. The van der Waals surface area contributed by atoms with Crippen molar-refractivity contribution in [2.45, 2.75) is 39.4 Å². The molecule has 0 amide bonds. The summed E-state index contributed by atoms with van der Waals surface area (Å²) >= 11 is 7.66. The van der Waals surface area contributed by atoms with Gasteiger partial charge in [0.2, 0.25) is 4.77 Å². The third-order valence-electron chi connectivity index (χ3n) is 5.80. The number of nitrogens with one attached hydrogen (secondary N) is 1. The van der Waals surface area contributed by atoms with Crippen LogP contribution in [0.15, 0.2) is 48.5 Å². The lowest BCUT2D eigenvalue weighted by Crippen LogP contribution is -3.09. The number of aryl methyl sites for hydroxylation is 2. The number of rotatable bonds is 4. The van der Waals surface area contributed by atoms with E-state index in [1.165, 1.54) is 33.0 Å². The number of fused-ring (bicyclic) bond motifs is 1. The predicted molar refractivity (Wildman–Crippen MR) is 119 cm³/mol. The molecule has 4 aromatic rings. The summed E-state index contributed by atoms with van der Waals surface area (Å²) in [5.41, 5.74) is 3.42. The molecule has 0 saturated carbocycles. The van der Waals surface area contributed by atoms with E-state index < -0.39 is 0 Å². The fourth-order valence-corrected chi connectivity index (χ4v) is 5.84. The highest BCUT2D eigenvalue weighted by atomic mass is 32.1. The van der Waals surface area contributed by atoms with E-state index in [0.717, 1.165) is 35.0 Å². The van der Waals surface area contributed by atoms with Crippen LogP contribution in [0, 0.1) is 18.6 Å². The van der Waals surface area contributed by atoms with Crippen LogP contribution in [-0.4, -0.2) is 25.9 Å². The Kier molecular flexibility index (Phi) is 4.81. The van der Waals surface area contributed by atoms with Gasteiger partial charge in [0.05, 0.1) is 22.4 Å². The normalized spacial score (nSPS) is 19.2. The largest absolute Gasteiger partial charge is 0.308 e. The maximum Gasteiger partial charge on any atom is 0.207 e. The molecule has 5 rings (SSSR count). The van der Waals surface area contributed by atoms with Crippen molar-refractivity contribution in [2.24, 2.45) is 0 Å². The number of likely N-dealkylation sites (tertiary alicyclic amines) is 1. The van der Waals surface area contributed by atoms with E-state index >= 15 is 0 Å². The summed E-state index contributed by atoms with van der Waals surface area (Å²) < 4.78 is 6.12. The van der Waals surface area contributed by atoms with Crippen molar-refractivity contribution >= 4 is 33.8 Å². The minimum atomic E-state index is 0.415. The molecule has 3 heterocycles. The van der Waals surface area contributed by atoms with Gasteiger partial charge in [-0.05, 0) is 49.8 Å². The van der Waals surface area contributed by atoms with Crippen molar-refractivity contribution in [3.63, 3.8) is 0 Å². The van der Waals surface area contributed by atoms with Crippen molar-refractivity contribution < 1.29 is 4.90 Å². The number of thiazole rings is 1. The number of nitrogens with zero attached hydrogens (tertiary/aromatic N) is 4. The van der Waals surface area contributed by atoms with E-state index in [1.807, 2.05) is 22.9 Å². The highest BCUT2D eigenvalue weighted by Gasteiger charge is 2.33. The summed E-state index contributed by atoms with van der Waals surface area (Å²) in [6, 6.07) is 17.2. The smallest absolute Gasteiger partial charge is 0.207 e. The number of para-hydroxylation sites is 2. The minimum absolute atomic E-state index is 0.415. The number of hydrogen-bond acceptors (Lipinski definition) is 4. The number of aromatic nitrogens is 4. The Morgan fingerprint density at radius 1 is 1.14 bits per heavy atom. The molecule has 1 fully saturated rings. The lowest BCUT2D eigenvalue weighted by molar-refractivity contribution is -0.941. The quantitative estimate of drug-likeness (QED) is 0.505. The molecule has 0 aliphatic carbocycles. The Hall–Kier alpha value is -2.35.